The molecule has 2 fully saturated rings. The summed E-state index contributed by atoms with van der Waals surface area (Å²) < 4.78 is 5.77. The van der Waals surface area contributed by atoms with Crippen molar-refractivity contribution in [1.82, 2.24) is 4.90 Å². The highest BCUT2D eigenvalue weighted by molar-refractivity contribution is 5.89. The van der Waals surface area contributed by atoms with Crippen LogP contribution in [0.4, 0.5) is 0 Å². The summed E-state index contributed by atoms with van der Waals surface area (Å²) in [6.45, 7) is 8.41. The van der Waals surface area contributed by atoms with E-state index in [1.807, 2.05) is 11.8 Å². The molecule has 2 N–H and O–H groups in total. The molecular formula is C21H33ClN2O2. The van der Waals surface area contributed by atoms with Gasteiger partial charge in [-0.05, 0) is 37.7 Å². The Hall–Kier alpha value is -1.10. The Bertz CT molecular complexity index is 607. The van der Waals surface area contributed by atoms with Gasteiger partial charge in [-0.15, -0.1) is 12.4 Å². The molecule has 1 saturated carbocycles. The van der Waals surface area contributed by atoms with E-state index < -0.39 is 5.54 Å². The van der Waals surface area contributed by atoms with Crippen molar-refractivity contribution >= 4 is 18.3 Å². The molecule has 3 rings (SSSR count). The van der Waals surface area contributed by atoms with Crippen LogP contribution in [0.5, 0.6) is 0 Å². The summed E-state index contributed by atoms with van der Waals surface area (Å²) in [6.07, 6.45) is 3.90. The smallest absolute Gasteiger partial charge is 0.243 e. The van der Waals surface area contributed by atoms with E-state index in [2.05, 4.69) is 44.2 Å². The van der Waals surface area contributed by atoms with Crippen LogP contribution < -0.4 is 5.73 Å². The molecule has 0 radical (unpaired) electrons. The van der Waals surface area contributed by atoms with Gasteiger partial charge in [-0.1, -0.05) is 44.2 Å². The molecule has 1 aromatic carbocycles. The number of ether oxygens (including phenoxy) is 1. The van der Waals surface area contributed by atoms with Crippen molar-refractivity contribution in [2.45, 2.75) is 64.0 Å². The number of likely N-dealkylation sites (tertiary alicyclic amines) is 1. The molecule has 26 heavy (non-hydrogen) atoms. The fourth-order valence-electron chi connectivity index (χ4n) is 4.44. The quantitative estimate of drug-likeness (QED) is 0.865. The lowest BCUT2D eigenvalue weighted by molar-refractivity contribution is -0.179. The van der Waals surface area contributed by atoms with Crippen LogP contribution in [0.2, 0.25) is 0 Å². The van der Waals surface area contributed by atoms with Crippen LogP contribution in [-0.4, -0.2) is 42.1 Å². The maximum absolute atomic E-state index is 13.2. The standard InChI is InChI=1S/C21H32N2O2.ClH/c1-4-25-18-15-21(22,20(18,2)3)19(24)23-13-8-11-17(12-14-23)16-9-6-5-7-10-16;/h5-7,9-10,17-18H,4,8,11-15,22H2,1-3H3;1H. The number of nitrogens with zero attached hydrogens (tertiary/aromatic N) is 1. The van der Waals surface area contributed by atoms with Crippen molar-refractivity contribution in [2.24, 2.45) is 11.1 Å². The molecule has 0 spiro atoms. The van der Waals surface area contributed by atoms with E-state index in [1.54, 1.807) is 0 Å². The number of rotatable bonds is 4. The maximum atomic E-state index is 13.2. The topological polar surface area (TPSA) is 55.6 Å². The normalized spacial score (nSPS) is 30.7. The van der Waals surface area contributed by atoms with E-state index in [0.717, 1.165) is 32.4 Å². The third kappa shape index (κ3) is 3.64. The van der Waals surface area contributed by atoms with Crippen molar-refractivity contribution in [2.75, 3.05) is 19.7 Å². The molecule has 3 unspecified atom stereocenters. The van der Waals surface area contributed by atoms with Gasteiger partial charge in [-0.2, -0.15) is 0 Å². The van der Waals surface area contributed by atoms with Gasteiger partial charge in [0.15, 0.2) is 0 Å². The minimum absolute atomic E-state index is 0. The summed E-state index contributed by atoms with van der Waals surface area (Å²) in [7, 11) is 0. The fourth-order valence-corrected chi connectivity index (χ4v) is 4.44. The average Bonchev–Trinajstić information content (AvgIpc) is 2.87. The van der Waals surface area contributed by atoms with Crippen LogP contribution in [0.3, 0.4) is 0 Å². The number of hydrogen-bond acceptors (Lipinski definition) is 3. The Morgan fingerprint density at radius 3 is 2.54 bits per heavy atom. The van der Waals surface area contributed by atoms with Crippen LogP contribution in [0.15, 0.2) is 30.3 Å². The zero-order valence-corrected chi connectivity index (χ0v) is 17.1. The summed E-state index contributed by atoms with van der Waals surface area (Å²) in [5.41, 5.74) is 6.88. The molecule has 4 nitrogen and oxygen atoms in total. The lowest BCUT2D eigenvalue weighted by Crippen LogP contribution is -2.76. The Kier molecular flexibility index (Phi) is 6.75. The summed E-state index contributed by atoms with van der Waals surface area (Å²) in [6, 6.07) is 10.7. The van der Waals surface area contributed by atoms with E-state index in [-0.39, 0.29) is 29.8 Å². The van der Waals surface area contributed by atoms with E-state index in [9.17, 15) is 4.79 Å². The molecule has 2 aliphatic rings. The molecule has 1 aromatic rings. The molecule has 1 aliphatic carbocycles. The van der Waals surface area contributed by atoms with Gasteiger partial charge in [0.05, 0.1) is 6.10 Å². The molecule has 1 saturated heterocycles. The van der Waals surface area contributed by atoms with Crippen molar-refractivity contribution in [1.29, 1.82) is 0 Å². The number of carbonyl (C=O) groups excluding carboxylic acids is 1. The Labute approximate surface area is 163 Å². The molecule has 0 aromatic heterocycles. The summed E-state index contributed by atoms with van der Waals surface area (Å²) in [5.74, 6) is 0.653. The molecule has 0 bridgehead atoms. The lowest BCUT2D eigenvalue weighted by atomic mass is 9.54. The minimum Gasteiger partial charge on any atom is -0.378 e. The zero-order valence-electron chi connectivity index (χ0n) is 16.2. The third-order valence-electron chi connectivity index (χ3n) is 6.50. The largest absolute Gasteiger partial charge is 0.378 e. The maximum Gasteiger partial charge on any atom is 0.243 e. The number of benzene rings is 1. The summed E-state index contributed by atoms with van der Waals surface area (Å²) >= 11 is 0. The van der Waals surface area contributed by atoms with Crippen molar-refractivity contribution < 1.29 is 9.53 Å². The second-order valence-electron chi connectivity index (χ2n) is 8.17. The van der Waals surface area contributed by atoms with Crippen LogP contribution in [0, 0.1) is 5.41 Å². The highest BCUT2D eigenvalue weighted by atomic mass is 35.5. The first-order chi connectivity index (χ1) is 11.9. The molecule has 1 aliphatic heterocycles. The average molecular weight is 381 g/mol. The number of carbonyl (C=O) groups is 1. The molecule has 1 amide bonds. The van der Waals surface area contributed by atoms with Gasteiger partial charge >= 0.3 is 0 Å². The van der Waals surface area contributed by atoms with Gasteiger partial charge in [0.1, 0.15) is 5.54 Å². The SMILES string of the molecule is CCOC1CC(N)(C(=O)N2CCCC(c3ccccc3)CC2)C1(C)C.Cl. The van der Waals surface area contributed by atoms with E-state index >= 15 is 0 Å². The molecule has 1 heterocycles. The van der Waals surface area contributed by atoms with Gasteiger partial charge < -0.3 is 15.4 Å². The van der Waals surface area contributed by atoms with Gasteiger partial charge in [0.2, 0.25) is 5.91 Å². The van der Waals surface area contributed by atoms with E-state index in [1.165, 1.54) is 5.56 Å². The van der Waals surface area contributed by atoms with Gasteiger partial charge in [-0.3, -0.25) is 4.79 Å². The first-order valence-corrected chi connectivity index (χ1v) is 9.65. The highest BCUT2D eigenvalue weighted by Gasteiger charge is 2.63. The predicted octanol–water partition coefficient (Wildman–Crippen LogP) is 3.74. The zero-order chi connectivity index (χ0) is 18.1. The minimum atomic E-state index is -0.792. The number of nitrogens with two attached hydrogens (primary N) is 1. The summed E-state index contributed by atoms with van der Waals surface area (Å²) in [5, 5.41) is 0. The van der Waals surface area contributed by atoms with Crippen molar-refractivity contribution in [3.05, 3.63) is 35.9 Å². The van der Waals surface area contributed by atoms with Gasteiger partial charge in [0.25, 0.3) is 0 Å². The second-order valence-corrected chi connectivity index (χ2v) is 8.17. The van der Waals surface area contributed by atoms with Crippen molar-refractivity contribution in [3.63, 3.8) is 0 Å². The monoisotopic (exact) mass is 380 g/mol. The predicted molar refractivity (Wildman–Crippen MR) is 108 cm³/mol. The Morgan fingerprint density at radius 1 is 1.23 bits per heavy atom. The van der Waals surface area contributed by atoms with E-state index in [4.69, 9.17) is 10.5 Å². The Balaban J connectivity index is 0.00000243. The van der Waals surface area contributed by atoms with Crippen molar-refractivity contribution in [3.8, 4) is 0 Å². The van der Waals surface area contributed by atoms with Crippen LogP contribution >= 0.6 is 12.4 Å². The van der Waals surface area contributed by atoms with E-state index in [0.29, 0.717) is 18.9 Å². The molecular weight excluding hydrogens is 348 g/mol. The molecule has 3 atom stereocenters. The third-order valence-corrected chi connectivity index (χ3v) is 6.50. The van der Waals surface area contributed by atoms with Crippen LogP contribution in [0.1, 0.15) is 57.9 Å². The fraction of sp³-hybridized carbons (Fsp3) is 0.667. The molecule has 5 heteroatoms. The first-order valence-electron chi connectivity index (χ1n) is 9.65. The first kappa shape index (κ1) is 21.2. The van der Waals surface area contributed by atoms with Gasteiger partial charge in [-0.25, -0.2) is 0 Å². The van der Waals surface area contributed by atoms with Gasteiger partial charge in [0, 0.05) is 31.5 Å². The summed E-state index contributed by atoms with van der Waals surface area (Å²) in [4.78, 5) is 15.2. The second kappa shape index (κ2) is 8.28. The highest BCUT2D eigenvalue weighted by Crippen LogP contribution is 2.50. The molecule has 146 valence electrons. The number of halogens is 1. The number of hydrogen-bond donors (Lipinski definition) is 1. The van der Waals surface area contributed by atoms with Crippen LogP contribution in [-0.2, 0) is 9.53 Å². The lowest BCUT2D eigenvalue weighted by Gasteiger charge is -2.58. The Morgan fingerprint density at radius 2 is 1.92 bits per heavy atom. The number of amides is 1. The van der Waals surface area contributed by atoms with Crippen LogP contribution in [0.25, 0.3) is 0 Å².